The van der Waals surface area contributed by atoms with Crippen LogP contribution in [0.5, 0.6) is 0 Å². The SMILES string of the molecule is CNCC1CCCN(S(=O)(=O)c2c(C)cccc2F)C1.Cl. The predicted octanol–water partition coefficient (Wildman–Crippen LogP) is 2.18. The number of benzene rings is 1. The van der Waals surface area contributed by atoms with Gasteiger partial charge in [0.15, 0.2) is 0 Å². The van der Waals surface area contributed by atoms with E-state index in [1.165, 1.54) is 16.4 Å². The summed E-state index contributed by atoms with van der Waals surface area (Å²) in [6, 6.07) is 4.36. The van der Waals surface area contributed by atoms with E-state index in [4.69, 9.17) is 0 Å². The van der Waals surface area contributed by atoms with E-state index in [0.29, 0.717) is 18.7 Å². The molecule has 0 bridgehead atoms. The van der Waals surface area contributed by atoms with Gasteiger partial charge in [-0.2, -0.15) is 4.31 Å². The summed E-state index contributed by atoms with van der Waals surface area (Å²) < 4.78 is 40.6. The topological polar surface area (TPSA) is 49.4 Å². The minimum absolute atomic E-state index is 0. The van der Waals surface area contributed by atoms with Crippen LogP contribution in [0.2, 0.25) is 0 Å². The fourth-order valence-corrected chi connectivity index (χ4v) is 4.60. The fraction of sp³-hybridized carbons (Fsp3) is 0.571. The number of aryl methyl sites for hydroxylation is 1. The number of piperidine rings is 1. The summed E-state index contributed by atoms with van der Waals surface area (Å²) in [6.45, 7) is 3.33. The summed E-state index contributed by atoms with van der Waals surface area (Å²) in [6.07, 6.45) is 1.82. The lowest BCUT2D eigenvalue weighted by molar-refractivity contribution is 0.262. The molecule has 1 N–H and O–H groups in total. The van der Waals surface area contributed by atoms with Gasteiger partial charge < -0.3 is 5.32 Å². The van der Waals surface area contributed by atoms with Crippen LogP contribution in [0, 0.1) is 18.7 Å². The maximum Gasteiger partial charge on any atom is 0.246 e. The van der Waals surface area contributed by atoms with Gasteiger partial charge in [-0.15, -0.1) is 12.4 Å². The number of halogens is 2. The zero-order valence-corrected chi connectivity index (χ0v) is 13.9. The molecule has 4 nitrogen and oxygen atoms in total. The van der Waals surface area contributed by atoms with Gasteiger partial charge in [0.25, 0.3) is 0 Å². The van der Waals surface area contributed by atoms with Crippen molar-refractivity contribution < 1.29 is 12.8 Å². The smallest absolute Gasteiger partial charge is 0.246 e. The quantitative estimate of drug-likeness (QED) is 0.916. The lowest BCUT2D eigenvalue weighted by Gasteiger charge is -2.32. The van der Waals surface area contributed by atoms with E-state index in [-0.39, 0.29) is 23.2 Å². The summed E-state index contributed by atoms with van der Waals surface area (Å²) in [5, 5.41) is 3.08. The number of rotatable bonds is 4. The third kappa shape index (κ3) is 3.94. The molecule has 2 rings (SSSR count). The van der Waals surface area contributed by atoms with E-state index in [1.54, 1.807) is 13.0 Å². The molecule has 1 saturated heterocycles. The summed E-state index contributed by atoms with van der Waals surface area (Å²) in [4.78, 5) is -0.176. The Hall–Kier alpha value is -0.690. The van der Waals surface area contributed by atoms with Gasteiger partial charge >= 0.3 is 0 Å². The van der Waals surface area contributed by atoms with Gasteiger partial charge in [-0.3, -0.25) is 0 Å². The lowest BCUT2D eigenvalue weighted by atomic mass is 10.00. The van der Waals surface area contributed by atoms with Crippen molar-refractivity contribution in [3.63, 3.8) is 0 Å². The molecular formula is C14H22ClFN2O2S. The summed E-state index contributed by atoms with van der Waals surface area (Å²) >= 11 is 0. The molecule has 0 amide bonds. The molecule has 1 unspecified atom stereocenters. The largest absolute Gasteiger partial charge is 0.319 e. The third-order valence-corrected chi connectivity index (χ3v) is 5.78. The molecule has 1 aromatic carbocycles. The molecule has 1 aliphatic rings. The Morgan fingerprint density at radius 1 is 1.43 bits per heavy atom. The molecule has 1 aromatic rings. The predicted molar refractivity (Wildman–Crippen MR) is 83.8 cm³/mol. The van der Waals surface area contributed by atoms with Gasteiger partial charge in [-0.1, -0.05) is 12.1 Å². The van der Waals surface area contributed by atoms with Gasteiger partial charge in [0.1, 0.15) is 10.7 Å². The van der Waals surface area contributed by atoms with Crippen molar-refractivity contribution in [2.24, 2.45) is 5.92 Å². The van der Waals surface area contributed by atoms with Crippen molar-refractivity contribution in [3.05, 3.63) is 29.6 Å². The number of nitrogens with zero attached hydrogens (tertiary/aromatic N) is 1. The minimum atomic E-state index is -3.74. The van der Waals surface area contributed by atoms with Crippen LogP contribution in [0.4, 0.5) is 4.39 Å². The van der Waals surface area contributed by atoms with Crippen LogP contribution in [-0.2, 0) is 10.0 Å². The first kappa shape index (κ1) is 18.4. The van der Waals surface area contributed by atoms with Crippen molar-refractivity contribution in [2.45, 2.75) is 24.7 Å². The molecule has 0 aliphatic carbocycles. The van der Waals surface area contributed by atoms with E-state index >= 15 is 0 Å². The van der Waals surface area contributed by atoms with Gasteiger partial charge in [-0.25, -0.2) is 12.8 Å². The number of hydrogen-bond acceptors (Lipinski definition) is 3. The molecule has 1 heterocycles. The van der Waals surface area contributed by atoms with Crippen LogP contribution in [0.25, 0.3) is 0 Å². The Labute approximate surface area is 132 Å². The molecule has 1 atom stereocenters. The monoisotopic (exact) mass is 336 g/mol. The number of nitrogens with one attached hydrogen (secondary N) is 1. The van der Waals surface area contributed by atoms with Crippen molar-refractivity contribution >= 4 is 22.4 Å². The second kappa shape index (κ2) is 7.54. The second-order valence-electron chi connectivity index (χ2n) is 5.31. The first-order valence-electron chi connectivity index (χ1n) is 6.86. The second-order valence-corrected chi connectivity index (χ2v) is 7.19. The van der Waals surface area contributed by atoms with Crippen LogP contribution >= 0.6 is 12.4 Å². The highest BCUT2D eigenvalue weighted by Crippen LogP contribution is 2.27. The summed E-state index contributed by atoms with van der Waals surface area (Å²) in [5.74, 6) is -0.378. The third-order valence-electron chi connectivity index (χ3n) is 3.74. The van der Waals surface area contributed by atoms with E-state index in [1.807, 2.05) is 7.05 Å². The molecule has 0 radical (unpaired) electrons. The van der Waals surface area contributed by atoms with E-state index in [9.17, 15) is 12.8 Å². The highest BCUT2D eigenvalue weighted by molar-refractivity contribution is 7.89. The van der Waals surface area contributed by atoms with Crippen LogP contribution in [0.15, 0.2) is 23.1 Å². The van der Waals surface area contributed by atoms with Gasteiger partial charge in [0, 0.05) is 13.1 Å². The molecule has 120 valence electrons. The van der Waals surface area contributed by atoms with Gasteiger partial charge in [0.2, 0.25) is 10.0 Å². The Morgan fingerprint density at radius 2 is 2.14 bits per heavy atom. The van der Waals surface area contributed by atoms with Gasteiger partial charge in [-0.05, 0) is 50.9 Å². The van der Waals surface area contributed by atoms with Crippen LogP contribution in [0.3, 0.4) is 0 Å². The maximum atomic E-state index is 13.9. The number of hydrogen-bond donors (Lipinski definition) is 1. The first-order chi connectivity index (χ1) is 9.46. The highest BCUT2D eigenvalue weighted by Gasteiger charge is 2.32. The van der Waals surface area contributed by atoms with Crippen molar-refractivity contribution in [1.82, 2.24) is 9.62 Å². The van der Waals surface area contributed by atoms with Gasteiger partial charge in [0.05, 0.1) is 0 Å². The Kier molecular flexibility index (Phi) is 6.59. The summed E-state index contributed by atoms with van der Waals surface area (Å²) in [5.41, 5.74) is 0.459. The molecule has 21 heavy (non-hydrogen) atoms. The molecular weight excluding hydrogens is 315 g/mol. The lowest BCUT2D eigenvalue weighted by Crippen LogP contribution is -2.42. The zero-order chi connectivity index (χ0) is 14.8. The maximum absolute atomic E-state index is 13.9. The molecule has 7 heteroatoms. The average molecular weight is 337 g/mol. The van der Waals surface area contributed by atoms with E-state index in [2.05, 4.69) is 5.32 Å². The Morgan fingerprint density at radius 3 is 2.76 bits per heavy atom. The normalized spacial score (nSPS) is 20.0. The number of sulfonamides is 1. The first-order valence-corrected chi connectivity index (χ1v) is 8.30. The zero-order valence-electron chi connectivity index (χ0n) is 12.3. The minimum Gasteiger partial charge on any atom is -0.319 e. The molecule has 0 saturated carbocycles. The van der Waals surface area contributed by atoms with Crippen molar-refractivity contribution in [2.75, 3.05) is 26.7 Å². The Bertz CT molecular complexity index is 558. The highest BCUT2D eigenvalue weighted by atomic mass is 35.5. The van der Waals surface area contributed by atoms with Crippen molar-refractivity contribution in [3.8, 4) is 0 Å². The molecule has 1 aliphatic heterocycles. The summed E-state index contributed by atoms with van der Waals surface area (Å²) in [7, 11) is -1.89. The van der Waals surface area contributed by atoms with E-state index < -0.39 is 15.8 Å². The molecule has 1 fully saturated rings. The van der Waals surface area contributed by atoms with Crippen LogP contribution < -0.4 is 5.32 Å². The van der Waals surface area contributed by atoms with Crippen LogP contribution in [-0.4, -0.2) is 39.4 Å². The van der Waals surface area contributed by atoms with Crippen molar-refractivity contribution in [1.29, 1.82) is 0 Å². The van der Waals surface area contributed by atoms with E-state index in [0.717, 1.165) is 19.4 Å². The van der Waals surface area contributed by atoms with Crippen LogP contribution in [0.1, 0.15) is 18.4 Å². The molecule has 0 aromatic heterocycles. The standard InChI is InChI=1S/C14H21FN2O2S.ClH/c1-11-5-3-7-13(15)14(11)20(18,19)17-8-4-6-12(10-17)9-16-2;/h3,5,7,12,16H,4,6,8-10H2,1-2H3;1H. The molecule has 0 spiro atoms. The average Bonchev–Trinajstić information content (AvgIpc) is 2.39. The Balaban J connectivity index is 0.00000220. The fourth-order valence-electron chi connectivity index (χ4n) is 2.77.